The summed E-state index contributed by atoms with van der Waals surface area (Å²) in [5.74, 6) is -1.40. The van der Waals surface area contributed by atoms with Crippen molar-refractivity contribution in [2.75, 3.05) is 40.1 Å². The number of hydrogen-bond acceptors (Lipinski definition) is 12. The maximum absolute atomic E-state index is 9.70. The summed E-state index contributed by atoms with van der Waals surface area (Å²) in [6.45, 7) is 4.84. The van der Waals surface area contributed by atoms with Crippen LogP contribution in [0.15, 0.2) is 0 Å². The predicted octanol–water partition coefficient (Wildman–Crippen LogP) is -1.09. The van der Waals surface area contributed by atoms with Crippen molar-refractivity contribution < 1.29 is 58.9 Å². The molecular formula is C14H36O12P2. The largest absolute Gasteiger partial charge is 0.395 e. The average molecular weight is 458 g/mol. The van der Waals surface area contributed by atoms with Gasteiger partial charge in [0, 0.05) is 13.7 Å². The van der Waals surface area contributed by atoms with Crippen LogP contribution in [0.3, 0.4) is 0 Å². The highest BCUT2D eigenvalue weighted by Gasteiger charge is 2.57. The van der Waals surface area contributed by atoms with Gasteiger partial charge in [-0.25, -0.2) is 0 Å². The second-order valence-electron chi connectivity index (χ2n) is 5.47. The Morgan fingerprint density at radius 2 is 1.21 bits per heavy atom. The van der Waals surface area contributed by atoms with E-state index in [1.807, 2.05) is 6.92 Å². The zero-order chi connectivity index (χ0) is 22.8. The van der Waals surface area contributed by atoms with Crippen molar-refractivity contribution in [2.45, 2.75) is 45.5 Å². The molecule has 0 aliphatic heterocycles. The van der Waals surface area contributed by atoms with Gasteiger partial charge >= 0.3 is 17.2 Å². The first-order chi connectivity index (χ1) is 13.0. The minimum absolute atomic E-state index is 0.307. The van der Waals surface area contributed by atoms with Gasteiger partial charge in [0.1, 0.15) is 6.10 Å². The third kappa shape index (κ3) is 12.8. The van der Waals surface area contributed by atoms with Crippen LogP contribution < -0.4 is 0 Å². The molecule has 0 bridgehead atoms. The molecule has 0 aromatic heterocycles. The second kappa shape index (κ2) is 19.3. The van der Waals surface area contributed by atoms with E-state index in [-0.39, 0.29) is 0 Å². The van der Waals surface area contributed by atoms with Gasteiger partial charge < -0.3 is 58.9 Å². The van der Waals surface area contributed by atoms with Gasteiger partial charge in [-0.2, -0.15) is 0 Å². The van der Waals surface area contributed by atoms with Crippen molar-refractivity contribution >= 4 is 17.2 Å². The lowest BCUT2D eigenvalue weighted by molar-refractivity contribution is -0.355. The van der Waals surface area contributed by atoms with Gasteiger partial charge in [0.2, 0.25) is 5.79 Å². The number of hydrogen-bond donors (Lipinski definition) is 9. The lowest BCUT2D eigenvalue weighted by atomic mass is 9.78. The van der Waals surface area contributed by atoms with Gasteiger partial charge in [-0.15, -0.1) is 0 Å². The lowest BCUT2D eigenvalue weighted by Crippen LogP contribution is -2.64. The fraction of sp³-hybridized carbons (Fsp3) is 1.00. The number of aliphatic hydroxyl groups excluding tert-OH is 3. The molecule has 9 N–H and O–H groups in total. The van der Waals surface area contributed by atoms with E-state index in [0.717, 1.165) is 12.8 Å². The van der Waals surface area contributed by atoms with Crippen LogP contribution in [0.4, 0.5) is 0 Å². The molecule has 28 heavy (non-hydrogen) atoms. The van der Waals surface area contributed by atoms with Gasteiger partial charge in [0.05, 0.1) is 31.8 Å². The van der Waals surface area contributed by atoms with Gasteiger partial charge in [0.25, 0.3) is 0 Å². The summed E-state index contributed by atoms with van der Waals surface area (Å²) in [5.41, 5.74) is -1.34. The Morgan fingerprint density at radius 3 is 1.46 bits per heavy atom. The smallest absolute Gasteiger partial charge is 0.324 e. The van der Waals surface area contributed by atoms with E-state index in [1.54, 1.807) is 13.8 Å². The Kier molecular flexibility index (Phi) is 22.8. The molecular weight excluding hydrogens is 422 g/mol. The first-order valence-corrected chi connectivity index (χ1v) is 10.8. The maximum Gasteiger partial charge on any atom is 0.324 e. The Morgan fingerprint density at radius 1 is 0.821 bits per heavy atom. The van der Waals surface area contributed by atoms with Crippen LogP contribution in [0, 0.1) is 5.41 Å². The van der Waals surface area contributed by atoms with E-state index in [0.29, 0.717) is 13.2 Å². The Balaban J connectivity index is -0.000000656. The zero-order valence-corrected chi connectivity index (χ0v) is 18.5. The van der Waals surface area contributed by atoms with Gasteiger partial charge in [-0.1, -0.05) is 13.3 Å². The number of unbranched alkanes of at least 4 members (excludes halogenated alkanes) is 1. The highest BCUT2D eigenvalue weighted by Crippen LogP contribution is 2.39. The molecule has 0 saturated heterocycles. The van der Waals surface area contributed by atoms with E-state index in [9.17, 15) is 15.3 Å². The van der Waals surface area contributed by atoms with Gasteiger partial charge in [-0.05, 0) is 20.3 Å². The summed E-state index contributed by atoms with van der Waals surface area (Å²) >= 11 is 0. The molecule has 0 spiro atoms. The van der Waals surface area contributed by atoms with Crippen molar-refractivity contribution in [1.82, 2.24) is 0 Å². The third-order valence-corrected chi connectivity index (χ3v) is 3.71. The monoisotopic (exact) mass is 458 g/mol. The molecule has 2 unspecified atom stereocenters. The first kappa shape index (κ1) is 33.0. The van der Waals surface area contributed by atoms with Crippen molar-refractivity contribution in [3.05, 3.63) is 0 Å². The summed E-state index contributed by atoms with van der Waals surface area (Å²) < 4.78 is 16.9. The predicted molar refractivity (Wildman–Crippen MR) is 103 cm³/mol. The molecule has 0 aliphatic carbocycles. The van der Waals surface area contributed by atoms with Crippen molar-refractivity contribution in [3.8, 4) is 0 Å². The van der Waals surface area contributed by atoms with Crippen LogP contribution in [0.25, 0.3) is 0 Å². The fourth-order valence-electron chi connectivity index (χ4n) is 2.23. The van der Waals surface area contributed by atoms with Gasteiger partial charge in [-0.3, -0.25) is 0 Å². The molecule has 0 saturated carbocycles. The number of aliphatic hydroxyl groups is 3. The van der Waals surface area contributed by atoms with Crippen molar-refractivity contribution in [3.63, 3.8) is 0 Å². The number of ether oxygens (including phenoxy) is 3. The molecule has 174 valence electrons. The second-order valence-corrected chi connectivity index (χ2v) is 6.55. The molecule has 0 fully saturated rings. The molecule has 0 aromatic rings. The van der Waals surface area contributed by atoms with E-state index < -0.39 is 54.3 Å². The SMILES string of the molecule is CCCCOC(OCC)(C(C)OC)C(CO)(CO)CO.OP(O)O.OP(O)O. The summed E-state index contributed by atoms with van der Waals surface area (Å²) in [7, 11) is -3.74. The van der Waals surface area contributed by atoms with Crippen LogP contribution >= 0.6 is 17.2 Å². The normalized spacial score (nSPS) is 14.7. The summed E-state index contributed by atoms with van der Waals surface area (Å²) in [6.07, 6.45) is 1.18. The fourth-order valence-corrected chi connectivity index (χ4v) is 2.23. The highest BCUT2D eigenvalue weighted by atomic mass is 31.2. The molecule has 0 radical (unpaired) electrons. The van der Waals surface area contributed by atoms with E-state index in [1.165, 1.54) is 7.11 Å². The Hall–Kier alpha value is 0.380. The number of rotatable bonds is 12. The van der Waals surface area contributed by atoms with Crippen molar-refractivity contribution in [1.29, 1.82) is 0 Å². The molecule has 2 atom stereocenters. The van der Waals surface area contributed by atoms with Crippen LogP contribution in [0.5, 0.6) is 0 Å². The van der Waals surface area contributed by atoms with Crippen LogP contribution in [-0.2, 0) is 14.2 Å². The van der Waals surface area contributed by atoms with Crippen LogP contribution in [0.1, 0.15) is 33.6 Å². The third-order valence-electron chi connectivity index (χ3n) is 3.71. The summed E-state index contributed by atoms with van der Waals surface area (Å²) in [5, 5.41) is 29.1. The van der Waals surface area contributed by atoms with Gasteiger partial charge in [0.15, 0.2) is 0 Å². The quantitative estimate of drug-likeness (QED) is 0.0971. The molecule has 0 rings (SSSR count). The van der Waals surface area contributed by atoms with Crippen LogP contribution in [-0.4, -0.2) is 96.7 Å². The van der Waals surface area contributed by atoms with Crippen molar-refractivity contribution in [2.24, 2.45) is 5.41 Å². The molecule has 14 heteroatoms. The van der Waals surface area contributed by atoms with E-state index in [4.69, 9.17) is 43.6 Å². The zero-order valence-electron chi connectivity index (χ0n) is 16.7. The molecule has 0 heterocycles. The first-order valence-electron chi connectivity index (χ1n) is 8.37. The van der Waals surface area contributed by atoms with E-state index in [2.05, 4.69) is 0 Å². The Labute approximate surface area is 168 Å². The highest BCUT2D eigenvalue weighted by molar-refractivity contribution is 7.38. The van der Waals surface area contributed by atoms with Crippen LogP contribution in [0.2, 0.25) is 0 Å². The number of methoxy groups -OCH3 is 1. The van der Waals surface area contributed by atoms with E-state index >= 15 is 0 Å². The summed E-state index contributed by atoms with van der Waals surface area (Å²) in [4.78, 5) is 43.4. The molecule has 12 nitrogen and oxygen atoms in total. The summed E-state index contributed by atoms with van der Waals surface area (Å²) in [6, 6.07) is 0. The average Bonchev–Trinajstić information content (AvgIpc) is 2.62. The minimum atomic E-state index is -2.62. The molecule has 0 aliphatic rings. The minimum Gasteiger partial charge on any atom is -0.395 e. The molecule has 0 aromatic carbocycles. The topological polar surface area (TPSA) is 210 Å². The Bertz CT molecular complexity index is 314. The molecule has 0 amide bonds. The lowest BCUT2D eigenvalue weighted by Gasteiger charge is -2.49. The standard InChI is InChI=1S/C14H30O6.2H3O3P/c1-5-7-8-20-14(19-6-2,12(3)18-4)13(9-15,10-16)11-17;2*1-4(2)3/h12,15-17H,5-11H2,1-4H3;2*1-3H. The maximum atomic E-state index is 9.70.